The molecule has 0 atom stereocenters. The summed E-state index contributed by atoms with van der Waals surface area (Å²) < 4.78 is 4.80. The number of halogens is 1. The molecule has 0 aliphatic rings. The van der Waals surface area contributed by atoms with Gasteiger partial charge in [0.25, 0.3) is 17.5 Å². The maximum atomic E-state index is 11.8. The fourth-order valence-corrected chi connectivity index (χ4v) is 2.76. The minimum absolute atomic E-state index is 0.0139. The van der Waals surface area contributed by atoms with E-state index in [2.05, 4.69) is 10.6 Å². The molecule has 0 radical (unpaired) electrons. The lowest BCUT2D eigenvalue weighted by atomic mass is 10.3. The van der Waals surface area contributed by atoms with Gasteiger partial charge in [0.1, 0.15) is 0 Å². The normalized spacial score (nSPS) is 10.1. The maximum absolute atomic E-state index is 11.8. The lowest BCUT2D eigenvalue weighted by Gasteiger charge is -2.08. The Morgan fingerprint density at radius 1 is 1.26 bits per heavy atom. The van der Waals surface area contributed by atoms with Gasteiger partial charge in [0.15, 0.2) is 6.61 Å². The molecule has 0 bridgehead atoms. The molecule has 1 heterocycles. The number of anilines is 1. The first-order valence-corrected chi connectivity index (χ1v) is 8.88. The third kappa shape index (κ3) is 6.35. The van der Waals surface area contributed by atoms with Gasteiger partial charge < -0.3 is 15.4 Å². The van der Waals surface area contributed by atoms with Crippen LogP contribution < -0.4 is 10.6 Å². The van der Waals surface area contributed by atoms with Gasteiger partial charge in [-0.2, -0.15) is 11.3 Å². The minimum Gasteiger partial charge on any atom is -0.456 e. The van der Waals surface area contributed by atoms with Gasteiger partial charge in [-0.15, -0.1) is 0 Å². The molecule has 1 aromatic carbocycles. The van der Waals surface area contributed by atoms with Crippen LogP contribution in [0.3, 0.4) is 0 Å². The van der Waals surface area contributed by atoms with E-state index >= 15 is 0 Å². The number of non-ortho nitro benzene ring substituents is 1. The molecule has 11 heteroatoms. The van der Waals surface area contributed by atoms with Crippen LogP contribution in [-0.2, 0) is 14.3 Å². The summed E-state index contributed by atoms with van der Waals surface area (Å²) in [5.74, 6) is -1.61. The summed E-state index contributed by atoms with van der Waals surface area (Å²) in [6.45, 7) is -0.478. The van der Waals surface area contributed by atoms with Gasteiger partial charge in [0.2, 0.25) is 0 Å². The van der Waals surface area contributed by atoms with Crippen LogP contribution in [0.25, 0.3) is 0 Å². The van der Waals surface area contributed by atoms with Crippen LogP contribution >= 0.6 is 22.9 Å². The van der Waals surface area contributed by atoms with Gasteiger partial charge >= 0.3 is 5.97 Å². The van der Waals surface area contributed by atoms with Crippen molar-refractivity contribution in [2.24, 2.45) is 0 Å². The average Bonchev–Trinajstić information content (AvgIpc) is 3.16. The molecular formula is C16H14ClN3O6S. The molecule has 142 valence electrons. The van der Waals surface area contributed by atoms with E-state index in [4.69, 9.17) is 16.3 Å². The van der Waals surface area contributed by atoms with Crippen molar-refractivity contribution in [3.63, 3.8) is 0 Å². The minimum atomic E-state index is -0.662. The summed E-state index contributed by atoms with van der Waals surface area (Å²) in [5, 5.41) is 19.0. The van der Waals surface area contributed by atoms with Crippen molar-refractivity contribution in [1.29, 1.82) is 0 Å². The highest BCUT2D eigenvalue weighted by molar-refractivity contribution is 7.08. The molecule has 0 saturated heterocycles. The number of nitro groups is 1. The van der Waals surface area contributed by atoms with E-state index in [1.165, 1.54) is 23.5 Å². The predicted octanol–water partition coefficient (Wildman–Crippen LogP) is 2.61. The highest BCUT2D eigenvalue weighted by Gasteiger charge is 2.13. The summed E-state index contributed by atoms with van der Waals surface area (Å²) in [5.41, 5.74) is 0.452. The van der Waals surface area contributed by atoms with Crippen LogP contribution in [0.15, 0.2) is 35.0 Å². The first-order valence-electron chi connectivity index (χ1n) is 7.56. The number of nitrogens with one attached hydrogen (secondary N) is 2. The number of hydrogen-bond acceptors (Lipinski definition) is 7. The SMILES string of the molecule is O=C(COC(=O)CCNC(=O)c1ccsc1)Nc1ccc([N+](=O)[O-])cc1Cl. The van der Waals surface area contributed by atoms with Gasteiger partial charge in [0.05, 0.1) is 22.1 Å². The van der Waals surface area contributed by atoms with E-state index in [9.17, 15) is 24.5 Å². The molecule has 1 aromatic heterocycles. The fourth-order valence-electron chi connectivity index (χ4n) is 1.90. The number of amides is 2. The number of carbonyl (C=O) groups is 3. The summed E-state index contributed by atoms with van der Waals surface area (Å²) in [4.78, 5) is 45.1. The Labute approximate surface area is 162 Å². The zero-order chi connectivity index (χ0) is 19.8. The fraction of sp³-hybridized carbons (Fsp3) is 0.188. The number of thiophene rings is 1. The molecule has 2 N–H and O–H groups in total. The highest BCUT2D eigenvalue weighted by Crippen LogP contribution is 2.26. The molecule has 0 aliphatic heterocycles. The van der Waals surface area contributed by atoms with Crippen LogP contribution in [-0.4, -0.2) is 35.9 Å². The lowest BCUT2D eigenvalue weighted by molar-refractivity contribution is -0.384. The van der Waals surface area contributed by atoms with Crippen LogP contribution in [0.5, 0.6) is 0 Å². The number of ether oxygens (including phenoxy) is 1. The van der Waals surface area contributed by atoms with Gasteiger partial charge in [0, 0.05) is 29.6 Å². The van der Waals surface area contributed by atoms with Gasteiger partial charge in [-0.3, -0.25) is 24.5 Å². The van der Waals surface area contributed by atoms with Crippen molar-refractivity contribution in [3.05, 3.63) is 55.7 Å². The largest absolute Gasteiger partial charge is 0.456 e. The quantitative estimate of drug-likeness (QED) is 0.390. The summed E-state index contributed by atoms with van der Waals surface area (Å²) >= 11 is 7.24. The first kappa shape index (κ1) is 20.3. The van der Waals surface area contributed by atoms with E-state index in [1.54, 1.807) is 16.8 Å². The smallest absolute Gasteiger partial charge is 0.308 e. The number of nitrogens with zero attached hydrogens (tertiary/aromatic N) is 1. The van der Waals surface area contributed by atoms with Crippen LogP contribution in [0.1, 0.15) is 16.8 Å². The molecule has 0 unspecified atom stereocenters. The van der Waals surface area contributed by atoms with Gasteiger partial charge in [-0.25, -0.2) is 0 Å². The zero-order valence-electron chi connectivity index (χ0n) is 13.8. The zero-order valence-corrected chi connectivity index (χ0v) is 15.3. The molecule has 2 amide bonds. The number of benzene rings is 1. The second kappa shape index (κ2) is 9.64. The Bertz CT molecular complexity index is 856. The average molecular weight is 412 g/mol. The van der Waals surface area contributed by atoms with E-state index in [1.807, 2.05) is 0 Å². The Balaban J connectivity index is 1.71. The van der Waals surface area contributed by atoms with Crippen molar-refractivity contribution < 1.29 is 24.0 Å². The monoisotopic (exact) mass is 411 g/mol. The number of esters is 1. The third-order valence-corrected chi connectivity index (χ3v) is 4.20. The standard InChI is InChI=1S/C16H14ClN3O6S/c17-12-7-11(20(24)25)1-2-13(12)19-14(21)8-26-15(22)3-5-18-16(23)10-4-6-27-9-10/h1-2,4,6-7,9H,3,5,8H2,(H,18,23)(H,19,21). The highest BCUT2D eigenvalue weighted by atomic mass is 35.5. The van der Waals surface area contributed by atoms with Crippen LogP contribution in [0, 0.1) is 10.1 Å². The van der Waals surface area contributed by atoms with Gasteiger partial charge in [-0.1, -0.05) is 11.6 Å². The number of rotatable bonds is 8. The Morgan fingerprint density at radius 3 is 2.67 bits per heavy atom. The number of hydrogen-bond donors (Lipinski definition) is 2. The molecule has 0 saturated carbocycles. The molecule has 9 nitrogen and oxygen atoms in total. The molecule has 0 fully saturated rings. The van der Waals surface area contributed by atoms with Crippen LogP contribution in [0.4, 0.5) is 11.4 Å². The molecule has 2 aromatic rings. The summed E-state index contributed by atoms with van der Waals surface area (Å²) in [7, 11) is 0. The first-order chi connectivity index (χ1) is 12.9. The second-order valence-electron chi connectivity index (χ2n) is 5.15. The lowest BCUT2D eigenvalue weighted by Crippen LogP contribution is -2.27. The van der Waals surface area contributed by atoms with Crippen molar-refractivity contribution in [3.8, 4) is 0 Å². The summed E-state index contributed by atoms with van der Waals surface area (Å²) in [6.07, 6.45) is -0.0958. The van der Waals surface area contributed by atoms with Crippen molar-refractivity contribution in [2.45, 2.75) is 6.42 Å². The van der Waals surface area contributed by atoms with E-state index in [0.717, 1.165) is 6.07 Å². The Morgan fingerprint density at radius 2 is 2.04 bits per heavy atom. The number of nitro benzene ring substituents is 1. The molecular weight excluding hydrogens is 398 g/mol. The van der Waals surface area contributed by atoms with Crippen molar-refractivity contribution in [1.82, 2.24) is 5.32 Å². The summed E-state index contributed by atoms with van der Waals surface area (Å²) in [6, 6.07) is 5.22. The van der Waals surface area contributed by atoms with E-state index < -0.39 is 23.4 Å². The molecule has 27 heavy (non-hydrogen) atoms. The van der Waals surface area contributed by atoms with Crippen molar-refractivity contribution >= 4 is 52.1 Å². The molecule has 0 aliphatic carbocycles. The number of carbonyl (C=O) groups excluding carboxylic acids is 3. The van der Waals surface area contributed by atoms with Gasteiger partial charge in [-0.05, 0) is 17.5 Å². The predicted molar refractivity (Wildman–Crippen MR) is 99.0 cm³/mol. The molecule has 2 rings (SSSR count). The molecule has 0 spiro atoms. The van der Waals surface area contributed by atoms with E-state index in [0.29, 0.717) is 5.56 Å². The Kier molecular flexibility index (Phi) is 7.26. The van der Waals surface area contributed by atoms with Crippen LogP contribution in [0.2, 0.25) is 5.02 Å². The maximum Gasteiger partial charge on any atom is 0.308 e. The van der Waals surface area contributed by atoms with E-state index in [-0.39, 0.29) is 35.3 Å². The third-order valence-electron chi connectivity index (χ3n) is 3.20. The Hall–Kier alpha value is -2.98. The second-order valence-corrected chi connectivity index (χ2v) is 6.34. The topological polar surface area (TPSA) is 128 Å². The van der Waals surface area contributed by atoms with Crippen molar-refractivity contribution in [2.75, 3.05) is 18.5 Å².